The quantitative estimate of drug-likeness (QED) is 0.466. The Morgan fingerprint density at radius 3 is 2.47 bits per heavy atom. The van der Waals surface area contributed by atoms with Crippen molar-refractivity contribution in [3.63, 3.8) is 0 Å². The number of fused-ring (bicyclic) bond motifs is 5. The van der Waals surface area contributed by atoms with Gasteiger partial charge in [0.2, 0.25) is 0 Å². The van der Waals surface area contributed by atoms with Gasteiger partial charge in [0.1, 0.15) is 5.60 Å². The predicted molar refractivity (Wildman–Crippen MR) is 122 cm³/mol. The summed E-state index contributed by atoms with van der Waals surface area (Å²) in [4.78, 5) is 0. The van der Waals surface area contributed by atoms with Crippen LogP contribution in [-0.2, 0) is 0 Å². The Balaban J connectivity index is 1.51. The molecule has 4 aliphatic carbocycles. The lowest BCUT2D eigenvalue weighted by atomic mass is 9.46. The number of halogens is 2. The van der Waals surface area contributed by atoms with Gasteiger partial charge in [-0.2, -0.15) is 0 Å². The summed E-state index contributed by atoms with van der Waals surface area (Å²) >= 11 is 0. The topological polar surface area (TPSA) is 60.7 Å². The monoisotopic (exact) mass is 454 g/mol. The van der Waals surface area contributed by atoms with Crippen molar-refractivity contribution in [1.82, 2.24) is 0 Å². The third-order valence-corrected chi connectivity index (χ3v) is 10.7. The summed E-state index contributed by atoms with van der Waals surface area (Å²) in [5.41, 5.74) is -0.804. The molecule has 0 unspecified atom stereocenters. The van der Waals surface area contributed by atoms with Crippen LogP contribution in [0.4, 0.5) is 8.78 Å². The number of hydrogen-bond donors (Lipinski definition) is 3. The average molecular weight is 455 g/mol. The second kappa shape index (κ2) is 8.02. The molecule has 0 heterocycles. The predicted octanol–water partition coefficient (Wildman–Crippen LogP) is 5.72. The summed E-state index contributed by atoms with van der Waals surface area (Å²) in [6.45, 7) is 9.17. The summed E-state index contributed by atoms with van der Waals surface area (Å²) in [5, 5.41) is 31.1. The van der Waals surface area contributed by atoms with Gasteiger partial charge >= 0.3 is 0 Å². The van der Waals surface area contributed by atoms with Crippen LogP contribution < -0.4 is 0 Å². The van der Waals surface area contributed by atoms with E-state index in [0.29, 0.717) is 42.9 Å². The Kier molecular flexibility index (Phi) is 6.16. The number of aliphatic hydroxyl groups is 3. The first-order valence-electron chi connectivity index (χ1n) is 12.9. The molecule has 3 fully saturated rings. The van der Waals surface area contributed by atoms with E-state index in [2.05, 4.69) is 26.8 Å². The van der Waals surface area contributed by atoms with E-state index in [4.69, 9.17) is 0 Å². The van der Waals surface area contributed by atoms with Crippen LogP contribution in [0.15, 0.2) is 11.6 Å². The maximum Gasteiger partial charge on any atom is 0.275 e. The molecule has 0 aromatic carbocycles. The van der Waals surface area contributed by atoms with Gasteiger partial charge in [-0.3, -0.25) is 0 Å². The van der Waals surface area contributed by atoms with Gasteiger partial charge < -0.3 is 15.3 Å². The van der Waals surface area contributed by atoms with Gasteiger partial charge in [0.05, 0.1) is 12.2 Å². The molecular formula is C27H44F2O3. The highest BCUT2D eigenvalue weighted by Crippen LogP contribution is 2.67. The van der Waals surface area contributed by atoms with Crippen LogP contribution in [0.1, 0.15) is 92.4 Å². The van der Waals surface area contributed by atoms with Crippen molar-refractivity contribution >= 4 is 0 Å². The summed E-state index contributed by atoms with van der Waals surface area (Å²) < 4.78 is 28.8. The van der Waals surface area contributed by atoms with E-state index >= 15 is 0 Å². The Labute approximate surface area is 192 Å². The smallest absolute Gasteiger partial charge is 0.275 e. The first-order chi connectivity index (χ1) is 14.7. The van der Waals surface area contributed by atoms with Crippen molar-refractivity contribution in [3.8, 4) is 0 Å². The largest absolute Gasteiger partial charge is 0.393 e. The minimum Gasteiger partial charge on any atom is -0.393 e. The molecule has 0 aliphatic heterocycles. The van der Waals surface area contributed by atoms with Crippen LogP contribution in [-0.4, -0.2) is 39.1 Å². The van der Waals surface area contributed by atoms with Crippen molar-refractivity contribution in [2.45, 2.75) is 116 Å². The number of alkyl halides is 2. The van der Waals surface area contributed by atoms with Crippen molar-refractivity contribution in [2.24, 2.45) is 40.4 Å². The van der Waals surface area contributed by atoms with Crippen LogP contribution in [0.25, 0.3) is 0 Å². The van der Waals surface area contributed by atoms with Gasteiger partial charge in [-0.15, -0.1) is 0 Å². The zero-order valence-corrected chi connectivity index (χ0v) is 20.6. The minimum atomic E-state index is -3.07. The molecule has 32 heavy (non-hydrogen) atoms. The Bertz CT molecular complexity index is 744. The van der Waals surface area contributed by atoms with Crippen molar-refractivity contribution in [1.29, 1.82) is 0 Å². The number of hydrogen-bond acceptors (Lipinski definition) is 3. The van der Waals surface area contributed by atoms with E-state index in [0.717, 1.165) is 32.1 Å². The van der Waals surface area contributed by atoms with E-state index in [-0.39, 0.29) is 23.2 Å². The Hall–Kier alpha value is -0.520. The zero-order chi connectivity index (χ0) is 23.7. The molecule has 0 aromatic rings. The number of aliphatic hydroxyl groups excluding tert-OH is 2. The highest BCUT2D eigenvalue weighted by molar-refractivity contribution is 5.27. The highest BCUT2D eigenvalue weighted by atomic mass is 19.3. The fourth-order valence-corrected chi connectivity index (χ4v) is 8.59. The third-order valence-electron chi connectivity index (χ3n) is 10.7. The van der Waals surface area contributed by atoms with Gasteiger partial charge in [0.15, 0.2) is 0 Å². The van der Waals surface area contributed by atoms with E-state index in [1.54, 1.807) is 0 Å². The molecule has 0 bridgehead atoms. The second-order valence-corrected chi connectivity index (χ2v) is 12.7. The molecule has 0 spiro atoms. The van der Waals surface area contributed by atoms with Crippen LogP contribution in [0, 0.1) is 40.4 Å². The maximum atomic E-state index is 14.4. The van der Waals surface area contributed by atoms with Crippen molar-refractivity contribution in [3.05, 3.63) is 11.6 Å². The van der Waals surface area contributed by atoms with Crippen LogP contribution in [0.3, 0.4) is 0 Å². The Morgan fingerprint density at radius 1 is 1.12 bits per heavy atom. The van der Waals surface area contributed by atoms with E-state index < -0.39 is 23.7 Å². The van der Waals surface area contributed by atoms with Gasteiger partial charge in [-0.1, -0.05) is 32.4 Å². The fourth-order valence-electron chi connectivity index (χ4n) is 8.59. The van der Waals surface area contributed by atoms with E-state index in [9.17, 15) is 24.1 Å². The normalized spacial score (nSPS) is 45.5. The Morgan fingerprint density at radius 2 is 1.81 bits per heavy atom. The first kappa shape index (κ1) is 24.6. The minimum absolute atomic E-state index is 0.158. The molecule has 0 radical (unpaired) electrons. The molecule has 5 heteroatoms. The standard InChI is InChI=1S/C27H44F2O3/c1-16(10-13-27(28,29)24(2,3)32)20-8-9-21-19-7-6-17-14-18(30)15-23(31)26(17,5)22(19)11-12-25(20,21)4/h6,16,18-23,30-32H,7-15H2,1-5H3/t16-,18-,19+,20-,21+,22+,23+,25-,26+/m1/s1. The van der Waals surface area contributed by atoms with Crippen LogP contribution in [0.5, 0.6) is 0 Å². The highest BCUT2D eigenvalue weighted by Gasteiger charge is 2.61. The van der Waals surface area contributed by atoms with Gasteiger partial charge in [-0.05, 0) is 93.8 Å². The fraction of sp³-hybridized carbons (Fsp3) is 0.926. The third kappa shape index (κ3) is 3.69. The molecule has 4 aliphatic rings. The molecule has 184 valence electrons. The molecule has 0 amide bonds. The SMILES string of the molecule is C[C@H](CCC(F)(F)C(C)(C)O)[C@H]1CC[C@H]2[C@@H]3CC=C4C[C@@H](O)C[C@H](O)[C@]4(C)[C@H]3CC[C@]12C. The van der Waals surface area contributed by atoms with Crippen LogP contribution in [0.2, 0.25) is 0 Å². The van der Waals surface area contributed by atoms with Gasteiger partial charge in [-0.25, -0.2) is 8.78 Å². The first-order valence-corrected chi connectivity index (χ1v) is 12.9. The lowest BCUT2D eigenvalue weighted by Crippen LogP contribution is -2.55. The molecule has 9 atom stereocenters. The lowest BCUT2D eigenvalue weighted by molar-refractivity contribution is -0.168. The van der Waals surface area contributed by atoms with E-state index in [1.807, 2.05) is 0 Å². The lowest BCUT2D eigenvalue weighted by Gasteiger charge is -2.59. The second-order valence-electron chi connectivity index (χ2n) is 12.7. The molecule has 3 saturated carbocycles. The zero-order valence-electron chi connectivity index (χ0n) is 20.6. The van der Waals surface area contributed by atoms with Crippen LogP contribution >= 0.6 is 0 Å². The molecule has 0 saturated heterocycles. The van der Waals surface area contributed by atoms with Gasteiger partial charge in [0.25, 0.3) is 5.92 Å². The maximum absolute atomic E-state index is 14.4. The summed E-state index contributed by atoms with van der Waals surface area (Å²) in [6, 6.07) is 0. The molecule has 4 rings (SSSR count). The van der Waals surface area contributed by atoms with Crippen molar-refractivity contribution in [2.75, 3.05) is 0 Å². The average Bonchev–Trinajstić information content (AvgIpc) is 3.04. The van der Waals surface area contributed by atoms with Crippen molar-refractivity contribution < 1.29 is 24.1 Å². The summed E-state index contributed by atoms with van der Waals surface area (Å²) in [7, 11) is 0. The van der Waals surface area contributed by atoms with E-state index in [1.165, 1.54) is 19.4 Å². The molecule has 3 nitrogen and oxygen atoms in total. The van der Waals surface area contributed by atoms with Gasteiger partial charge in [0, 0.05) is 18.3 Å². The molecule has 0 aromatic heterocycles. The number of allylic oxidation sites excluding steroid dienone is 1. The molecule has 3 N–H and O–H groups in total. The summed E-state index contributed by atoms with van der Waals surface area (Å²) in [5.74, 6) is -0.896. The number of rotatable bonds is 5. The summed E-state index contributed by atoms with van der Waals surface area (Å²) in [6.07, 6.45) is 8.14. The molecular weight excluding hydrogens is 410 g/mol.